The lowest BCUT2D eigenvalue weighted by Crippen LogP contribution is -2.39. The highest BCUT2D eigenvalue weighted by Crippen LogP contribution is 2.32. The molecule has 1 amide bonds. The Morgan fingerprint density at radius 2 is 2.04 bits per heavy atom. The maximum atomic E-state index is 12.9. The molecule has 0 aliphatic carbocycles. The van der Waals surface area contributed by atoms with Crippen LogP contribution in [0.1, 0.15) is 41.7 Å². The second-order valence-corrected chi connectivity index (χ2v) is 6.04. The minimum Gasteiger partial charge on any atom is -0.337 e. The fraction of sp³-hybridized carbons (Fsp3) is 0.353. The van der Waals surface area contributed by atoms with Crippen LogP contribution in [0.3, 0.4) is 0 Å². The van der Waals surface area contributed by atoms with Gasteiger partial charge in [0.15, 0.2) is 0 Å². The quantitative estimate of drug-likeness (QED) is 0.727. The standard InChI is InChI=1S/C17H18N6O2/c1-22-14(7-10-19-22)17(24)23-11-3-2-4-13(23)16-20-15(21-25-16)12-5-8-18-9-6-12/h5-10,13H,2-4,11H2,1H3/t13-/m0/s1. The van der Waals surface area contributed by atoms with E-state index in [1.165, 1.54) is 0 Å². The maximum Gasteiger partial charge on any atom is 0.272 e. The number of amides is 1. The molecule has 3 aromatic heterocycles. The molecule has 3 aromatic rings. The number of aromatic nitrogens is 5. The predicted octanol–water partition coefficient (Wildman–Crippen LogP) is 2.23. The predicted molar refractivity (Wildman–Crippen MR) is 88.4 cm³/mol. The molecule has 0 unspecified atom stereocenters. The lowest BCUT2D eigenvalue weighted by Gasteiger charge is -2.33. The van der Waals surface area contributed by atoms with Crippen LogP contribution < -0.4 is 0 Å². The summed E-state index contributed by atoms with van der Waals surface area (Å²) in [6, 6.07) is 5.17. The molecule has 1 atom stereocenters. The van der Waals surface area contributed by atoms with Gasteiger partial charge in [-0.15, -0.1) is 0 Å². The Balaban J connectivity index is 1.63. The molecule has 1 aliphatic rings. The van der Waals surface area contributed by atoms with Crippen LogP contribution in [-0.4, -0.2) is 42.3 Å². The molecular weight excluding hydrogens is 320 g/mol. The molecule has 1 saturated heterocycles. The molecule has 25 heavy (non-hydrogen) atoms. The van der Waals surface area contributed by atoms with E-state index in [-0.39, 0.29) is 11.9 Å². The van der Waals surface area contributed by atoms with Crippen molar-refractivity contribution in [3.63, 3.8) is 0 Å². The van der Waals surface area contributed by atoms with E-state index in [4.69, 9.17) is 4.52 Å². The maximum absolute atomic E-state index is 12.9. The van der Waals surface area contributed by atoms with Gasteiger partial charge in [0.1, 0.15) is 11.7 Å². The highest BCUT2D eigenvalue weighted by Gasteiger charge is 2.33. The monoisotopic (exact) mass is 338 g/mol. The molecule has 0 spiro atoms. The molecule has 4 heterocycles. The van der Waals surface area contributed by atoms with Crippen molar-refractivity contribution in [1.29, 1.82) is 0 Å². The minimum atomic E-state index is -0.209. The van der Waals surface area contributed by atoms with Gasteiger partial charge in [-0.1, -0.05) is 5.16 Å². The molecule has 4 rings (SSSR count). The summed E-state index contributed by atoms with van der Waals surface area (Å²) >= 11 is 0. The third-order valence-electron chi connectivity index (χ3n) is 4.47. The molecule has 0 aromatic carbocycles. The second-order valence-electron chi connectivity index (χ2n) is 6.04. The van der Waals surface area contributed by atoms with Crippen molar-refractivity contribution >= 4 is 5.91 Å². The summed E-state index contributed by atoms with van der Waals surface area (Å²) in [5, 5.41) is 8.15. The fourth-order valence-corrected chi connectivity index (χ4v) is 3.15. The van der Waals surface area contributed by atoms with Gasteiger partial charge in [-0.2, -0.15) is 10.1 Å². The molecule has 8 nitrogen and oxygen atoms in total. The van der Waals surface area contributed by atoms with Crippen molar-refractivity contribution in [1.82, 2.24) is 29.8 Å². The van der Waals surface area contributed by atoms with Crippen LogP contribution in [0.15, 0.2) is 41.3 Å². The summed E-state index contributed by atoms with van der Waals surface area (Å²) in [4.78, 5) is 23.2. The van der Waals surface area contributed by atoms with Crippen LogP contribution in [0.25, 0.3) is 11.4 Å². The van der Waals surface area contributed by atoms with Crippen molar-refractivity contribution in [2.75, 3.05) is 6.54 Å². The molecule has 0 saturated carbocycles. The molecular formula is C17H18N6O2. The van der Waals surface area contributed by atoms with E-state index in [1.807, 2.05) is 17.0 Å². The first-order chi connectivity index (χ1) is 12.2. The van der Waals surface area contributed by atoms with E-state index in [1.54, 1.807) is 36.4 Å². The van der Waals surface area contributed by atoms with E-state index in [2.05, 4.69) is 20.2 Å². The first-order valence-electron chi connectivity index (χ1n) is 8.27. The fourth-order valence-electron chi connectivity index (χ4n) is 3.15. The van der Waals surface area contributed by atoms with Gasteiger partial charge in [-0.25, -0.2) is 0 Å². The SMILES string of the molecule is Cn1nccc1C(=O)N1CCCC[C@H]1c1nc(-c2ccncc2)no1. The van der Waals surface area contributed by atoms with Crippen molar-refractivity contribution in [2.45, 2.75) is 25.3 Å². The number of hydrogen-bond donors (Lipinski definition) is 0. The third kappa shape index (κ3) is 2.90. The zero-order valence-corrected chi connectivity index (χ0v) is 13.9. The Morgan fingerprint density at radius 1 is 1.20 bits per heavy atom. The molecule has 1 fully saturated rings. The Hall–Kier alpha value is -3.03. The van der Waals surface area contributed by atoms with E-state index >= 15 is 0 Å². The Labute approximate surface area is 144 Å². The summed E-state index contributed by atoms with van der Waals surface area (Å²) in [6.07, 6.45) is 7.79. The summed E-state index contributed by atoms with van der Waals surface area (Å²) in [5.74, 6) is 0.922. The first kappa shape index (κ1) is 15.5. The number of aryl methyl sites for hydroxylation is 1. The van der Waals surface area contributed by atoms with E-state index in [0.29, 0.717) is 24.0 Å². The number of rotatable bonds is 3. The van der Waals surface area contributed by atoms with Crippen molar-refractivity contribution in [3.05, 3.63) is 48.4 Å². The van der Waals surface area contributed by atoms with Crippen molar-refractivity contribution in [2.24, 2.45) is 7.05 Å². The summed E-state index contributed by atoms with van der Waals surface area (Å²) in [7, 11) is 1.76. The highest BCUT2D eigenvalue weighted by molar-refractivity contribution is 5.92. The second kappa shape index (κ2) is 6.46. The average molecular weight is 338 g/mol. The van der Waals surface area contributed by atoms with Gasteiger partial charge >= 0.3 is 0 Å². The molecule has 1 aliphatic heterocycles. The van der Waals surface area contributed by atoms with E-state index in [0.717, 1.165) is 24.8 Å². The minimum absolute atomic E-state index is 0.0617. The van der Waals surface area contributed by atoms with Crippen molar-refractivity contribution < 1.29 is 9.32 Å². The van der Waals surface area contributed by atoms with Gasteiger partial charge in [-0.3, -0.25) is 14.5 Å². The van der Waals surface area contributed by atoms with Crippen LogP contribution >= 0.6 is 0 Å². The highest BCUT2D eigenvalue weighted by atomic mass is 16.5. The Bertz CT molecular complexity index is 872. The van der Waals surface area contributed by atoms with Crippen LogP contribution in [-0.2, 0) is 7.05 Å². The van der Waals surface area contributed by atoms with E-state index in [9.17, 15) is 4.79 Å². The van der Waals surface area contributed by atoms with E-state index < -0.39 is 0 Å². The zero-order chi connectivity index (χ0) is 17.2. The lowest BCUT2D eigenvalue weighted by molar-refractivity contribution is 0.0550. The summed E-state index contributed by atoms with van der Waals surface area (Å²) < 4.78 is 7.08. The topological polar surface area (TPSA) is 89.9 Å². The molecule has 0 radical (unpaired) electrons. The zero-order valence-electron chi connectivity index (χ0n) is 13.9. The van der Waals surface area contributed by atoms with Gasteiger partial charge in [-0.05, 0) is 37.5 Å². The smallest absolute Gasteiger partial charge is 0.272 e. The van der Waals surface area contributed by atoms with Gasteiger partial charge in [0.05, 0.1) is 0 Å². The van der Waals surface area contributed by atoms with Crippen LogP contribution in [0.4, 0.5) is 0 Å². The summed E-state index contributed by atoms with van der Waals surface area (Å²) in [6.45, 7) is 0.668. The number of carbonyl (C=O) groups excluding carboxylic acids is 1. The lowest BCUT2D eigenvalue weighted by atomic mass is 10.0. The number of piperidine rings is 1. The molecule has 8 heteroatoms. The third-order valence-corrected chi connectivity index (χ3v) is 4.47. The molecule has 0 bridgehead atoms. The van der Waals surface area contributed by atoms with Gasteiger partial charge in [0.2, 0.25) is 11.7 Å². The molecule has 128 valence electrons. The largest absolute Gasteiger partial charge is 0.337 e. The number of nitrogens with zero attached hydrogens (tertiary/aromatic N) is 6. The number of likely N-dealkylation sites (tertiary alicyclic amines) is 1. The normalized spacial score (nSPS) is 17.6. The number of hydrogen-bond acceptors (Lipinski definition) is 6. The Morgan fingerprint density at radius 3 is 2.80 bits per heavy atom. The van der Waals surface area contributed by atoms with Crippen molar-refractivity contribution in [3.8, 4) is 11.4 Å². The number of carbonyl (C=O) groups is 1. The number of pyridine rings is 1. The van der Waals surface area contributed by atoms with Crippen LogP contribution in [0.2, 0.25) is 0 Å². The van der Waals surface area contributed by atoms with Gasteiger partial charge in [0, 0.05) is 37.7 Å². The Kier molecular flexibility index (Phi) is 4.01. The summed E-state index contributed by atoms with van der Waals surface area (Å²) in [5.41, 5.74) is 1.39. The average Bonchev–Trinajstić information content (AvgIpc) is 3.31. The van der Waals surface area contributed by atoms with Gasteiger partial charge < -0.3 is 9.42 Å². The van der Waals surface area contributed by atoms with Crippen LogP contribution in [0, 0.1) is 0 Å². The van der Waals surface area contributed by atoms with Crippen LogP contribution in [0.5, 0.6) is 0 Å². The molecule has 0 N–H and O–H groups in total. The first-order valence-corrected chi connectivity index (χ1v) is 8.27. The van der Waals surface area contributed by atoms with Gasteiger partial charge in [0.25, 0.3) is 5.91 Å².